The van der Waals surface area contributed by atoms with E-state index in [1.165, 1.54) is 250 Å². The van der Waals surface area contributed by atoms with Gasteiger partial charge in [0.15, 0.2) is 12.2 Å². The van der Waals surface area contributed by atoms with E-state index >= 15 is 0 Å². The number of esters is 4. The van der Waals surface area contributed by atoms with Crippen LogP contribution in [0.25, 0.3) is 0 Å². The number of unbranched alkanes of at least 4 members (excludes halogenated alkanes) is 52. The smallest absolute Gasteiger partial charge is 0.462 e. The van der Waals surface area contributed by atoms with Gasteiger partial charge >= 0.3 is 39.5 Å². The molecule has 17 nitrogen and oxygen atoms in total. The van der Waals surface area contributed by atoms with E-state index in [2.05, 4.69) is 34.6 Å². The molecule has 588 valence electrons. The maximum atomic E-state index is 13.1. The minimum Gasteiger partial charge on any atom is -0.462 e. The number of aliphatic hydroxyl groups excluding tert-OH is 1. The molecule has 0 aliphatic carbocycles. The molecule has 0 saturated heterocycles. The van der Waals surface area contributed by atoms with Gasteiger partial charge in [-0.1, -0.05) is 375 Å². The second-order valence-electron chi connectivity index (χ2n) is 29.3. The monoisotopic (exact) mass is 1450 g/mol. The molecule has 0 bridgehead atoms. The zero-order valence-electron chi connectivity index (χ0n) is 64.6. The Labute approximate surface area is 607 Å². The van der Waals surface area contributed by atoms with Crippen molar-refractivity contribution in [2.24, 2.45) is 5.92 Å². The Bertz CT molecular complexity index is 1890. The second-order valence-corrected chi connectivity index (χ2v) is 32.2. The van der Waals surface area contributed by atoms with Crippen molar-refractivity contribution >= 4 is 39.5 Å². The summed E-state index contributed by atoms with van der Waals surface area (Å²) in [5.74, 6) is -1.34. The molecule has 19 heteroatoms. The average Bonchev–Trinajstić information content (AvgIpc) is 1.15. The predicted molar refractivity (Wildman–Crippen MR) is 405 cm³/mol. The van der Waals surface area contributed by atoms with Gasteiger partial charge in [-0.2, -0.15) is 0 Å². The molecule has 0 rings (SSSR count). The summed E-state index contributed by atoms with van der Waals surface area (Å²) in [6, 6.07) is 0. The molecule has 0 aliphatic rings. The third-order valence-corrected chi connectivity index (χ3v) is 20.7. The van der Waals surface area contributed by atoms with Gasteiger partial charge in [-0.25, -0.2) is 9.13 Å². The summed E-state index contributed by atoms with van der Waals surface area (Å²) in [4.78, 5) is 72.9. The zero-order chi connectivity index (χ0) is 72.7. The molecule has 0 aromatic rings. The zero-order valence-corrected chi connectivity index (χ0v) is 66.4. The number of aliphatic hydroxyl groups is 1. The number of ether oxygens (including phenoxy) is 4. The number of phosphoric acid groups is 2. The normalized spacial score (nSPS) is 13.9. The molecular weight excluding hydrogens is 1290 g/mol. The van der Waals surface area contributed by atoms with Crippen molar-refractivity contribution in [3.63, 3.8) is 0 Å². The van der Waals surface area contributed by atoms with Crippen LogP contribution >= 0.6 is 15.6 Å². The lowest BCUT2D eigenvalue weighted by Crippen LogP contribution is -2.30. The molecule has 5 atom stereocenters. The highest BCUT2D eigenvalue weighted by Crippen LogP contribution is 2.45. The third-order valence-electron chi connectivity index (χ3n) is 18.8. The molecule has 0 aromatic heterocycles. The molecule has 0 heterocycles. The predicted octanol–water partition coefficient (Wildman–Crippen LogP) is 24.0. The molecule has 0 aromatic carbocycles. The van der Waals surface area contributed by atoms with Gasteiger partial charge in [0.25, 0.3) is 0 Å². The van der Waals surface area contributed by atoms with Crippen LogP contribution in [0.1, 0.15) is 426 Å². The number of carbonyl (C=O) groups excluding carboxylic acids is 4. The first-order valence-electron chi connectivity index (χ1n) is 41.6. The summed E-state index contributed by atoms with van der Waals surface area (Å²) < 4.78 is 68.6. The summed E-state index contributed by atoms with van der Waals surface area (Å²) in [5.41, 5.74) is 0. The summed E-state index contributed by atoms with van der Waals surface area (Å²) in [6.45, 7) is 7.31. The van der Waals surface area contributed by atoms with Crippen LogP contribution < -0.4 is 0 Å². The van der Waals surface area contributed by atoms with Gasteiger partial charge in [-0.15, -0.1) is 0 Å². The standard InChI is InChI=1S/C80H156O17P2/c1-6-9-12-15-18-21-23-25-27-28-29-30-31-32-34-36-40-45-50-55-60-65-79(84)97-76(70-91-78(83)64-59-54-49-44-39-35-33-26-24-22-19-16-13-10-7-2)72-95-99(88,89)93-68-74(81)67-92-98(86,87)94-71-75(69-90-77(82)63-58-53-48-42-20-17-14-11-8-3)96-80(85)66-61-56-51-46-41-37-38-43-47-52-57-62-73(4)5/h73-76,81H,6-72H2,1-5H3,(H,86,87)(H,88,89)/t74-,75+,76+/m0/s1. The number of hydrogen-bond donors (Lipinski definition) is 3. The Morgan fingerprint density at radius 3 is 0.687 bits per heavy atom. The van der Waals surface area contributed by atoms with Gasteiger partial charge in [0, 0.05) is 25.7 Å². The summed E-state index contributed by atoms with van der Waals surface area (Å²) in [7, 11) is -9.91. The van der Waals surface area contributed by atoms with E-state index in [-0.39, 0.29) is 25.7 Å². The molecule has 3 N–H and O–H groups in total. The van der Waals surface area contributed by atoms with Crippen LogP contribution in [0, 0.1) is 5.92 Å². The number of carbonyl (C=O) groups is 4. The fourth-order valence-corrected chi connectivity index (χ4v) is 14.0. The fraction of sp³-hybridized carbons (Fsp3) is 0.950. The molecule has 0 fully saturated rings. The van der Waals surface area contributed by atoms with Gasteiger partial charge in [0.1, 0.15) is 19.3 Å². The maximum absolute atomic E-state index is 13.1. The lowest BCUT2D eigenvalue weighted by molar-refractivity contribution is -0.161. The van der Waals surface area contributed by atoms with Gasteiger partial charge in [-0.05, 0) is 31.6 Å². The molecule has 0 saturated carbocycles. The highest BCUT2D eigenvalue weighted by Gasteiger charge is 2.30. The summed E-state index contributed by atoms with van der Waals surface area (Å²) in [6.07, 6.45) is 63.9. The van der Waals surface area contributed by atoms with Crippen molar-refractivity contribution in [2.75, 3.05) is 39.6 Å². The Balaban J connectivity index is 5.20. The van der Waals surface area contributed by atoms with E-state index in [1.807, 2.05) is 0 Å². The van der Waals surface area contributed by atoms with E-state index in [1.54, 1.807) is 0 Å². The molecule has 0 amide bonds. The molecular formula is C80H156O17P2. The first-order valence-corrected chi connectivity index (χ1v) is 44.6. The second kappa shape index (κ2) is 73.0. The summed E-state index contributed by atoms with van der Waals surface area (Å²) >= 11 is 0. The topological polar surface area (TPSA) is 237 Å². The molecule has 0 radical (unpaired) electrons. The van der Waals surface area contributed by atoms with Gasteiger partial charge in [0.05, 0.1) is 26.4 Å². The number of phosphoric ester groups is 2. The molecule has 99 heavy (non-hydrogen) atoms. The minimum atomic E-state index is -4.96. The van der Waals surface area contributed by atoms with E-state index < -0.39 is 97.5 Å². The van der Waals surface area contributed by atoms with Crippen molar-refractivity contribution < 1.29 is 80.2 Å². The Morgan fingerprint density at radius 2 is 0.465 bits per heavy atom. The van der Waals surface area contributed by atoms with Crippen molar-refractivity contribution in [3.05, 3.63) is 0 Å². The van der Waals surface area contributed by atoms with Crippen LogP contribution in [0.5, 0.6) is 0 Å². The van der Waals surface area contributed by atoms with Crippen LogP contribution in [-0.4, -0.2) is 96.7 Å². The van der Waals surface area contributed by atoms with E-state index in [4.69, 9.17) is 37.0 Å². The lowest BCUT2D eigenvalue weighted by Gasteiger charge is -2.21. The number of rotatable bonds is 80. The quantitative estimate of drug-likeness (QED) is 0.0222. The Hall–Kier alpha value is -1.94. The van der Waals surface area contributed by atoms with Crippen molar-refractivity contribution in [1.82, 2.24) is 0 Å². The van der Waals surface area contributed by atoms with E-state index in [0.29, 0.717) is 25.7 Å². The van der Waals surface area contributed by atoms with Gasteiger partial charge < -0.3 is 33.8 Å². The van der Waals surface area contributed by atoms with Crippen LogP contribution in [-0.2, 0) is 65.4 Å². The Kier molecular flexibility index (Phi) is 71.6. The highest BCUT2D eigenvalue weighted by atomic mass is 31.2. The van der Waals surface area contributed by atoms with Gasteiger partial charge in [0.2, 0.25) is 0 Å². The summed E-state index contributed by atoms with van der Waals surface area (Å²) in [5, 5.41) is 10.6. The van der Waals surface area contributed by atoms with Crippen LogP contribution in [0.3, 0.4) is 0 Å². The van der Waals surface area contributed by atoms with Gasteiger partial charge in [-0.3, -0.25) is 37.3 Å². The maximum Gasteiger partial charge on any atom is 0.472 e. The molecule has 2 unspecified atom stereocenters. The average molecular weight is 1450 g/mol. The Morgan fingerprint density at radius 1 is 0.273 bits per heavy atom. The molecule has 0 spiro atoms. The number of hydrogen-bond acceptors (Lipinski definition) is 15. The van der Waals surface area contributed by atoms with Crippen molar-refractivity contribution in [2.45, 2.75) is 445 Å². The highest BCUT2D eigenvalue weighted by molar-refractivity contribution is 7.47. The van der Waals surface area contributed by atoms with E-state index in [0.717, 1.165) is 95.8 Å². The lowest BCUT2D eigenvalue weighted by atomic mass is 10.0. The van der Waals surface area contributed by atoms with Crippen molar-refractivity contribution in [1.29, 1.82) is 0 Å². The first-order chi connectivity index (χ1) is 48.0. The van der Waals surface area contributed by atoms with Crippen LogP contribution in [0.2, 0.25) is 0 Å². The molecule has 0 aliphatic heterocycles. The SMILES string of the molecule is CCCCCCCCCCCCCCCCCCCCCCCC(=O)O[C@H](COC(=O)CCCCCCCCCCCCCCCCC)COP(=O)(O)OC[C@@H](O)COP(=O)(O)OC[C@@H](COC(=O)CCCCCCCCCCC)OC(=O)CCCCCCCCCCCCCC(C)C. The third kappa shape index (κ3) is 74.1. The van der Waals surface area contributed by atoms with Crippen molar-refractivity contribution in [3.8, 4) is 0 Å². The fourth-order valence-electron chi connectivity index (χ4n) is 12.4. The van der Waals surface area contributed by atoms with E-state index in [9.17, 15) is 43.2 Å². The largest absolute Gasteiger partial charge is 0.472 e. The minimum absolute atomic E-state index is 0.107. The van der Waals surface area contributed by atoms with Crippen LogP contribution in [0.4, 0.5) is 0 Å². The first kappa shape index (κ1) is 97.1. The van der Waals surface area contributed by atoms with Crippen LogP contribution in [0.15, 0.2) is 0 Å².